The van der Waals surface area contributed by atoms with Crippen LogP contribution < -0.4 is 0 Å². The van der Waals surface area contributed by atoms with E-state index >= 15 is 0 Å². The van der Waals surface area contributed by atoms with Crippen LogP contribution in [0.4, 0.5) is 4.39 Å². The summed E-state index contributed by atoms with van der Waals surface area (Å²) in [5.74, 6) is -2.22. The summed E-state index contributed by atoms with van der Waals surface area (Å²) < 4.78 is 38.5. The number of fused-ring (bicyclic) bond motifs is 1. The molecule has 2 aromatic carbocycles. The minimum atomic E-state index is -3.48. The number of halogens is 2. The van der Waals surface area contributed by atoms with Crippen LogP contribution in [0.15, 0.2) is 42.6 Å². The van der Waals surface area contributed by atoms with E-state index in [4.69, 9.17) is 11.6 Å². The van der Waals surface area contributed by atoms with Gasteiger partial charge in [-0.25, -0.2) is 12.8 Å². The van der Waals surface area contributed by atoms with Gasteiger partial charge in [-0.2, -0.15) is 0 Å². The van der Waals surface area contributed by atoms with Crippen LogP contribution in [0.2, 0.25) is 5.02 Å². The highest BCUT2D eigenvalue weighted by molar-refractivity contribution is 7.89. The number of rotatable bonds is 7. The monoisotopic (exact) mass is 561 g/mol. The van der Waals surface area contributed by atoms with Crippen molar-refractivity contribution in [3.63, 3.8) is 0 Å². The molecule has 1 aromatic heterocycles. The number of carbonyl (C=O) groups excluding carboxylic acids is 3. The number of hydrogen-bond acceptors (Lipinski definition) is 5. The standard InChI is InChI=1S/C27H29ClFN3O5S/c1-30(2)27(35)25(33)22-15-32(16-38(3,36)37)24-14-23(28)21(13-20(22)24)26(34)31-10-8-18(9-11-31)12-17-4-6-19(29)7-5-17/h4-7,13-15,18H,8-12,16H2,1-3H3. The molecule has 38 heavy (non-hydrogen) atoms. The van der Waals surface area contributed by atoms with Crippen LogP contribution in [-0.2, 0) is 26.9 Å². The SMILES string of the molecule is CN(C)C(=O)C(=O)c1cn(CS(C)(=O)=O)c2cc(Cl)c(C(=O)N3CCC(Cc4ccc(F)cc4)CC3)cc12. The molecule has 0 aliphatic carbocycles. The third-order valence-corrected chi connectivity index (χ3v) is 7.82. The Morgan fingerprint density at radius 1 is 1.05 bits per heavy atom. The minimum absolute atomic E-state index is 0.00562. The molecule has 0 saturated carbocycles. The summed E-state index contributed by atoms with van der Waals surface area (Å²) in [6.45, 7) is 1.03. The maximum Gasteiger partial charge on any atom is 0.294 e. The molecule has 1 aliphatic heterocycles. The highest BCUT2D eigenvalue weighted by Crippen LogP contribution is 2.31. The van der Waals surface area contributed by atoms with Gasteiger partial charge in [0.2, 0.25) is 0 Å². The number of nitrogens with zero attached hydrogens (tertiary/aromatic N) is 3. The van der Waals surface area contributed by atoms with E-state index in [-0.39, 0.29) is 33.3 Å². The fourth-order valence-electron chi connectivity index (χ4n) is 4.80. The molecular weight excluding hydrogens is 533 g/mol. The van der Waals surface area contributed by atoms with Gasteiger partial charge in [-0.1, -0.05) is 23.7 Å². The van der Waals surface area contributed by atoms with E-state index < -0.39 is 27.4 Å². The molecule has 2 amide bonds. The number of hydrogen-bond donors (Lipinski definition) is 0. The van der Waals surface area contributed by atoms with E-state index in [0.29, 0.717) is 24.5 Å². The first kappa shape index (κ1) is 27.8. The van der Waals surface area contributed by atoms with Gasteiger partial charge in [0.25, 0.3) is 17.6 Å². The number of benzene rings is 2. The number of likely N-dealkylation sites (tertiary alicyclic amines) is 1. The van der Waals surface area contributed by atoms with Crippen LogP contribution >= 0.6 is 11.6 Å². The van der Waals surface area contributed by atoms with Crippen molar-refractivity contribution in [3.05, 3.63) is 70.1 Å². The van der Waals surface area contributed by atoms with Crippen LogP contribution in [-0.4, -0.2) is 73.8 Å². The molecule has 0 unspecified atom stereocenters. The number of carbonyl (C=O) groups is 3. The van der Waals surface area contributed by atoms with Crippen LogP contribution in [0.1, 0.15) is 39.1 Å². The molecule has 8 nitrogen and oxygen atoms in total. The Morgan fingerprint density at radius 2 is 1.68 bits per heavy atom. The maximum atomic E-state index is 13.5. The highest BCUT2D eigenvalue weighted by atomic mass is 35.5. The molecule has 2 heterocycles. The molecule has 1 aliphatic rings. The molecule has 1 saturated heterocycles. The number of piperidine rings is 1. The molecule has 0 bridgehead atoms. The summed E-state index contributed by atoms with van der Waals surface area (Å²) in [6.07, 6.45) is 4.73. The first-order valence-electron chi connectivity index (χ1n) is 12.1. The molecule has 0 N–H and O–H groups in total. The Hall–Kier alpha value is -3.24. The predicted molar refractivity (Wildman–Crippen MR) is 144 cm³/mol. The number of ketones is 1. The lowest BCUT2D eigenvalue weighted by molar-refractivity contribution is -0.124. The molecule has 202 valence electrons. The average Bonchev–Trinajstić information content (AvgIpc) is 3.19. The largest absolute Gasteiger partial charge is 0.342 e. The van der Waals surface area contributed by atoms with Crippen LogP contribution in [0.5, 0.6) is 0 Å². The Balaban J connectivity index is 1.61. The van der Waals surface area contributed by atoms with Gasteiger partial charge >= 0.3 is 0 Å². The van der Waals surface area contributed by atoms with E-state index in [2.05, 4.69) is 0 Å². The van der Waals surface area contributed by atoms with Crippen LogP contribution in [0.3, 0.4) is 0 Å². The van der Waals surface area contributed by atoms with Crippen molar-refractivity contribution in [1.29, 1.82) is 0 Å². The topological polar surface area (TPSA) is 96.8 Å². The van der Waals surface area contributed by atoms with Gasteiger partial charge in [-0.3, -0.25) is 14.4 Å². The summed E-state index contributed by atoms with van der Waals surface area (Å²) in [4.78, 5) is 41.7. The van der Waals surface area contributed by atoms with Crippen molar-refractivity contribution >= 4 is 49.9 Å². The second kappa shape index (κ2) is 10.9. The van der Waals surface area contributed by atoms with Gasteiger partial charge in [0.15, 0.2) is 9.84 Å². The van der Waals surface area contributed by atoms with Gasteiger partial charge < -0.3 is 14.4 Å². The Morgan fingerprint density at radius 3 is 2.26 bits per heavy atom. The second-order valence-electron chi connectivity index (χ2n) is 10.0. The van der Waals surface area contributed by atoms with Crippen molar-refractivity contribution in [2.45, 2.75) is 25.1 Å². The molecule has 4 rings (SSSR count). The number of sulfone groups is 1. The fourth-order valence-corrected chi connectivity index (χ4v) is 5.76. The molecule has 0 spiro atoms. The first-order valence-corrected chi connectivity index (χ1v) is 14.6. The lowest BCUT2D eigenvalue weighted by Gasteiger charge is -2.32. The highest BCUT2D eigenvalue weighted by Gasteiger charge is 2.28. The average molecular weight is 562 g/mol. The number of likely N-dealkylation sites (N-methyl/N-ethyl adjacent to an activating group) is 1. The number of aromatic nitrogens is 1. The third-order valence-electron chi connectivity index (χ3n) is 6.76. The minimum Gasteiger partial charge on any atom is -0.342 e. The van der Waals surface area contributed by atoms with Crippen molar-refractivity contribution in [3.8, 4) is 0 Å². The summed E-state index contributed by atoms with van der Waals surface area (Å²) in [6, 6.07) is 9.38. The summed E-state index contributed by atoms with van der Waals surface area (Å²) in [5, 5.41) is 0.412. The van der Waals surface area contributed by atoms with E-state index in [9.17, 15) is 27.2 Å². The number of amides is 2. The van der Waals surface area contributed by atoms with Gasteiger partial charge in [0.05, 0.1) is 21.7 Å². The first-order chi connectivity index (χ1) is 17.8. The molecule has 3 aromatic rings. The molecule has 0 radical (unpaired) electrons. The molecule has 0 atom stereocenters. The zero-order valence-corrected chi connectivity index (χ0v) is 23.0. The molecule has 1 fully saturated rings. The zero-order chi connectivity index (χ0) is 27.8. The van der Waals surface area contributed by atoms with Gasteiger partial charge in [-0.15, -0.1) is 0 Å². The smallest absolute Gasteiger partial charge is 0.294 e. The molecule has 11 heteroatoms. The quantitative estimate of drug-likeness (QED) is 0.323. The zero-order valence-electron chi connectivity index (χ0n) is 21.4. The summed E-state index contributed by atoms with van der Waals surface area (Å²) >= 11 is 6.51. The summed E-state index contributed by atoms with van der Waals surface area (Å²) in [5.41, 5.74) is 1.57. The van der Waals surface area contributed by atoms with Crippen LogP contribution in [0, 0.1) is 11.7 Å². The lowest BCUT2D eigenvalue weighted by Crippen LogP contribution is -2.39. The molecular formula is C27H29ClFN3O5S. The Labute approximate surface area is 225 Å². The lowest BCUT2D eigenvalue weighted by atomic mass is 9.90. The Kier molecular flexibility index (Phi) is 7.94. The van der Waals surface area contributed by atoms with E-state index in [1.165, 1.54) is 49.1 Å². The van der Waals surface area contributed by atoms with E-state index in [1.54, 1.807) is 17.0 Å². The van der Waals surface area contributed by atoms with Gasteiger partial charge in [0, 0.05) is 45.0 Å². The number of Topliss-reactive ketones (excluding diaryl/α,β-unsaturated/α-hetero) is 1. The summed E-state index contributed by atoms with van der Waals surface area (Å²) in [7, 11) is -0.593. The second-order valence-corrected chi connectivity index (χ2v) is 12.5. The maximum absolute atomic E-state index is 13.5. The Bertz CT molecular complexity index is 1510. The van der Waals surface area contributed by atoms with Crippen molar-refractivity contribution in [2.75, 3.05) is 33.4 Å². The normalized spacial score (nSPS) is 14.6. The predicted octanol–water partition coefficient (Wildman–Crippen LogP) is 3.80. The van der Waals surface area contributed by atoms with E-state index in [1.807, 2.05) is 0 Å². The van der Waals surface area contributed by atoms with Crippen molar-refractivity contribution in [2.24, 2.45) is 5.92 Å². The van der Waals surface area contributed by atoms with Crippen molar-refractivity contribution in [1.82, 2.24) is 14.4 Å². The van der Waals surface area contributed by atoms with E-state index in [0.717, 1.165) is 36.0 Å². The van der Waals surface area contributed by atoms with Gasteiger partial charge in [0.1, 0.15) is 11.7 Å². The van der Waals surface area contributed by atoms with Crippen molar-refractivity contribution < 1.29 is 27.2 Å². The third kappa shape index (κ3) is 6.07. The van der Waals surface area contributed by atoms with Gasteiger partial charge in [-0.05, 0) is 55.0 Å². The van der Waals surface area contributed by atoms with Crippen LogP contribution in [0.25, 0.3) is 10.9 Å². The fraction of sp³-hybridized carbons (Fsp3) is 0.370.